The molecule has 2 nitrogen and oxygen atoms in total. The van der Waals surface area contributed by atoms with E-state index < -0.39 is 0 Å². The van der Waals surface area contributed by atoms with Crippen LogP contribution < -0.4 is 11.3 Å². The van der Waals surface area contributed by atoms with Gasteiger partial charge in [0.15, 0.2) is 0 Å². The second-order valence-corrected chi connectivity index (χ2v) is 5.48. The Labute approximate surface area is 108 Å². The Kier molecular flexibility index (Phi) is 2.42. The minimum atomic E-state index is 0.0637. The zero-order valence-electron chi connectivity index (χ0n) is 10.8. The van der Waals surface area contributed by atoms with Crippen molar-refractivity contribution >= 4 is 5.57 Å². The molecule has 18 heavy (non-hydrogen) atoms. The number of rotatable bonds is 1. The van der Waals surface area contributed by atoms with Gasteiger partial charge in [0.2, 0.25) is 0 Å². The van der Waals surface area contributed by atoms with Crippen molar-refractivity contribution in [1.82, 2.24) is 5.43 Å². The molecule has 1 aromatic carbocycles. The van der Waals surface area contributed by atoms with Crippen LogP contribution in [-0.4, -0.2) is 0 Å². The van der Waals surface area contributed by atoms with E-state index in [1.807, 2.05) is 0 Å². The Morgan fingerprint density at radius 2 is 1.94 bits per heavy atom. The van der Waals surface area contributed by atoms with E-state index in [2.05, 4.69) is 61.8 Å². The molecule has 2 bridgehead atoms. The predicted molar refractivity (Wildman–Crippen MR) is 75.6 cm³/mol. The smallest absolute Gasteiger partial charge is 0.0485 e. The fourth-order valence-corrected chi connectivity index (χ4v) is 2.90. The summed E-state index contributed by atoms with van der Waals surface area (Å²) in [6, 6.07) is 8.68. The van der Waals surface area contributed by atoms with E-state index in [0.29, 0.717) is 0 Å². The quantitative estimate of drug-likeness (QED) is 0.583. The molecule has 0 unspecified atom stereocenters. The van der Waals surface area contributed by atoms with Crippen molar-refractivity contribution < 1.29 is 0 Å². The number of hydrazine groups is 1. The Morgan fingerprint density at radius 3 is 2.72 bits per heavy atom. The summed E-state index contributed by atoms with van der Waals surface area (Å²) < 4.78 is 0. The summed E-state index contributed by atoms with van der Waals surface area (Å²) in [6.45, 7) is 4.57. The highest BCUT2D eigenvalue weighted by molar-refractivity contribution is 5.78. The van der Waals surface area contributed by atoms with Crippen molar-refractivity contribution in [3.05, 3.63) is 64.9 Å². The number of benzene rings is 1. The highest BCUT2D eigenvalue weighted by atomic mass is 15.2. The van der Waals surface area contributed by atoms with Crippen molar-refractivity contribution in [2.75, 3.05) is 0 Å². The number of fused-ring (bicyclic) bond motifs is 4. The molecule has 0 atom stereocenters. The van der Waals surface area contributed by atoms with E-state index in [1.54, 1.807) is 0 Å². The molecule has 3 rings (SSSR count). The maximum atomic E-state index is 5.56. The Hall–Kier alpha value is -1.80. The molecule has 0 spiro atoms. The fourth-order valence-electron chi connectivity index (χ4n) is 2.90. The van der Waals surface area contributed by atoms with Crippen LogP contribution in [0.3, 0.4) is 0 Å². The lowest BCUT2D eigenvalue weighted by atomic mass is 9.67. The zero-order valence-corrected chi connectivity index (χ0v) is 10.8. The average molecular weight is 238 g/mol. The van der Waals surface area contributed by atoms with Crippen molar-refractivity contribution in [1.29, 1.82) is 0 Å². The van der Waals surface area contributed by atoms with Gasteiger partial charge in [0.25, 0.3) is 0 Å². The first-order valence-electron chi connectivity index (χ1n) is 6.31. The van der Waals surface area contributed by atoms with Gasteiger partial charge in [-0.2, -0.15) is 0 Å². The van der Waals surface area contributed by atoms with Gasteiger partial charge in [-0.25, -0.2) is 0 Å². The van der Waals surface area contributed by atoms with Crippen LogP contribution >= 0.6 is 0 Å². The highest BCUT2D eigenvalue weighted by Gasteiger charge is 2.34. The highest BCUT2D eigenvalue weighted by Crippen LogP contribution is 2.46. The molecule has 2 heteroatoms. The topological polar surface area (TPSA) is 38.0 Å². The standard InChI is InChI=1S/C16H18N2/c1-16(2)12-9-11(7-8-13(10-12)18-17)14-5-3-4-6-15(14)16/h3-8,10,18H,9,17H2,1-2H3. The summed E-state index contributed by atoms with van der Waals surface area (Å²) >= 11 is 0. The summed E-state index contributed by atoms with van der Waals surface area (Å²) in [7, 11) is 0. The molecule has 0 fully saturated rings. The first-order valence-corrected chi connectivity index (χ1v) is 6.31. The Bertz CT molecular complexity index is 589. The van der Waals surface area contributed by atoms with Crippen LogP contribution in [0, 0.1) is 0 Å². The van der Waals surface area contributed by atoms with Crippen molar-refractivity contribution in [3.8, 4) is 0 Å². The molecule has 0 saturated carbocycles. The predicted octanol–water partition coefficient (Wildman–Crippen LogP) is 3.04. The lowest BCUT2D eigenvalue weighted by Crippen LogP contribution is -2.27. The second kappa shape index (κ2) is 3.85. The van der Waals surface area contributed by atoms with E-state index in [0.717, 1.165) is 12.1 Å². The number of allylic oxidation sites excluding steroid dienone is 5. The largest absolute Gasteiger partial charge is 0.324 e. The summed E-state index contributed by atoms with van der Waals surface area (Å²) in [5.74, 6) is 5.56. The van der Waals surface area contributed by atoms with Crippen LogP contribution in [0.25, 0.3) is 5.57 Å². The van der Waals surface area contributed by atoms with E-state index in [4.69, 9.17) is 5.84 Å². The Morgan fingerprint density at radius 1 is 1.17 bits per heavy atom. The summed E-state index contributed by atoms with van der Waals surface area (Å²) in [6.07, 6.45) is 7.42. The molecule has 2 aliphatic carbocycles. The molecular formula is C16H18N2. The molecule has 1 aromatic rings. The lowest BCUT2D eigenvalue weighted by molar-refractivity contribution is 0.597. The molecule has 2 aliphatic rings. The first-order chi connectivity index (χ1) is 8.63. The Balaban J connectivity index is 2.28. The van der Waals surface area contributed by atoms with Gasteiger partial charge in [-0.1, -0.05) is 49.8 Å². The van der Waals surface area contributed by atoms with Crippen molar-refractivity contribution in [3.63, 3.8) is 0 Å². The summed E-state index contributed by atoms with van der Waals surface area (Å²) in [5, 5.41) is 0. The molecular weight excluding hydrogens is 220 g/mol. The van der Waals surface area contributed by atoms with Gasteiger partial charge in [-0.15, -0.1) is 0 Å². The zero-order chi connectivity index (χ0) is 12.8. The van der Waals surface area contributed by atoms with Crippen LogP contribution in [0.5, 0.6) is 0 Å². The lowest BCUT2D eigenvalue weighted by Gasteiger charge is -2.36. The van der Waals surface area contributed by atoms with Crippen molar-refractivity contribution in [2.24, 2.45) is 5.84 Å². The number of hydrogen-bond acceptors (Lipinski definition) is 2. The number of nitrogens with one attached hydrogen (secondary N) is 1. The maximum absolute atomic E-state index is 5.56. The van der Waals surface area contributed by atoms with Gasteiger partial charge >= 0.3 is 0 Å². The minimum absolute atomic E-state index is 0.0637. The first kappa shape index (κ1) is 11.3. The maximum Gasteiger partial charge on any atom is 0.0485 e. The van der Waals surface area contributed by atoms with Gasteiger partial charge < -0.3 is 5.43 Å². The van der Waals surface area contributed by atoms with Gasteiger partial charge in [-0.3, -0.25) is 5.84 Å². The second-order valence-electron chi connectivity index (χ2n) is 5.48. The third kappa shape index (κ3) is 1.53. The number of nitrogens with two attached hydrogens (primary N) is 1. The molecule has 0 radical (unpaired) electrons. The SMILES string of the molecule is CC1(C)C2=CC(NN)=CC=C(C2)c2ccccc21. The van der Waals surface area contributed by atoms with E-state index in [1.165, 1.54) is 22.3 Å². The van der Waals surface area contributed by atoms with Crippen LogP contribution in [0.2, 0.25) is 0 Å². The monoisotopic (exact) mass is 238 g/mol. The van der Waals surface area contributed by atoms with Crippen molar-refractivity contribution in [2.45, 2.75) is 25.7 Å². The van der Waals surface area contributed by atoms with E-state index >= 15 is 0 Å². The minimum Gasteiger partial charge on any atom is -0.324 e. The van der Waals surface area contributed by atoms with Gasteiger partial charge in [0, 0.05) is 11.1 Å². The fraction of sp³-hybridized carbons (Fsp3) is 0.250. The number of hydrogen-bond donors (Lipinski definition) is 2. The third-order valence-corrected chi connectivity index (χ3v) is 4.09. The van der Waals surface area contributed by atoms with Gasteiger partial charge in [-0.05, 0) is 35.3 Å². The van der Waals surface area contributed by atoms with E-state index in [9.17, 15) is 0 Å². The third-order valence-electron chi connectivity index (χ3n) is 4.09. The van der Waals surface area contributed by atoms with Crippen LogP contribution in [-0.2, 0) is 5.41 Å². The summed E-state index contributed by atoms with van der Waals surface area (Å²) in [4.78, 5) is 0. The van der Waals surface area contributed by atoms with Crippen LogP contribution in [0.4, 0.5) is 0 Å². The summed E-state index contributed by atoms with van der Waals surface area (Å²) in [5.41, 5.74) is 9.36. The van der Waals surface area contributed by atoms with Crippen LogP contribution in [0.1, 0.15) is 31.4 Å². The van der Waals surface area contributed by atoms with Crippen LogP contribution in [0.15, 0.2) is 53.8 Å². The molecule has 0 aliphatic heterocycles. The molecule has 0 heterocycles. The van der Waals surface area contributed by atoms with E-state index in [-0.39, 0.29) is 5.41 Å². The van der Waals surface area contributed by atoms with Gasteiger partial charge in [0.05, 0.1) is 0 Å². The normalized spacial score (nSPS) is 20.1. The molecule has 0 aromatic heterocycles. The molecule has 0 saturated heterocycles. The molecule has 0 amide bonds. The molecule has 3 N–H and O–H groups in total. The van der Waals surface area contributed by atoms with Gasteiger partial charge in [0.1, 0.15) is 0 Å². The molecule has 92 valence electrons. The average Bonchev–Trinajstić information content (AvgIpc) is 2.59.